The first-order chi connectivity index (χ1) is 19.6. The molecule has 10 heteroatoms. The van der Waals surface area contributed by atoms with Gasteiger partial charge in [-0.2, -0.15) is 13.2 Å². The first-order valence-corrected chi connectivity index (χ1v) is 14.8. The number of unbranched alkanes of at least 4 members (excludes halogenated alkanes) is 1. The molecule has 2 saturated heterocycles. The lowest BCUT2D eigenvalue weighted by Crippen LogP contribution is -2.57. The maximum absolute atomic E-state index is 13.9. The van der Waals surface area contributed by atoms with Crippen molar-refractivity contribution in [3.63, 3.8) is 0 Å². The molecule has 0 radical (unpaired) electrons. The molecule has 0 spiro atoms. The Morgan fingerprint density at radius 1 is 1.00 bits per heavy atom. The zero-order valence-electron chi connectivity index (χ0n) is 22.9. The molecule has 0 aromatic heterocycles. The lowest BCUT2D eigenvalue weighted by Gasteiger charge is -2.38. The maximum atomic E-state index is 13.9. The van der Waals surface area contributed by atoms with Gasteiger partial charge in [-0.25, -0.2) is 0 Å². The van der Waals surface area contributed by atoms with Crippen molar-refractivity contribution in [3.8, 4) is 5.75 Å². The third kappa shape index (κ3) is 6.21. The molecule has 41 heavy (non-hydrogen) atoms. The van der Waals surface area contributed by atoms with Gasteiger partial charge in [0.05, 0.1) is 17.2 Å². The second-order valence-corrected chi connectivity index (χ2v) is 12.0. The van der Waals surface area contributed by atoms with Crippen molar-refractivity contribution in [2.45, 2.75) is 69.2 Å². The second kappa shape index (κ2) is 12.2. The maximum Gasteiger partial charge on any atom is 0.430 e. The van der Waals surface area contributed by atoms with Gasteiger partial charge >= 0.3 is 6.18 Å². The van der Waals surface area contributed by atoms with Gasteiger partial charge in [0.25, 0.3) is 17.4 Å². The minimum atomic E-state index is -5.13. The number of alkyl halides is 3. The molecule has 1 unspecified atom stereocenters. The number of rotatable bonds is 9. The number of carbonyl (C=O) groups excluding carboxylic acids is 2. The molecule has 222 valence electrons. The highest BCUT2D eigenvalue weighted by atomic mass is 35.5. The van der Waals surface area contributed by atoms with Crippen LogP contribution < -0.4 is 4.74 Å². The van der Waals surface area contributed by atoms with Crippen LogP contribution in [0.15, 0.2) is 48.5 Å². The van der Waals surface area contributed by atoms with Crippen molar-refractivity contribution in [3.05, 3.63) is 64.7 Å². The lowest BCUT2D eigenvalue weighted by molar-refractivity contribution is -0.262. The van der Waals surface area contributed by atoms with Gasteiger partial charge in [0.1, 0.15) is 5.75 Å². The summed E-state index contributed by atoms with van der Waals surface area (Å²) in [4.78, 5) is 28.9. The Balaban J connectivity index is 1.04. The van der Waals surface area contributed by atoms with Crippen molar-refractivity contribution >= 4 is 23.4 Å². The Bertz CT molecular complexity index is 1240. The van der Waals surface area contributed by atoms with Gasteiger partial charge in [-0.3, -0.25) is 9.59 Å². The summed E-state index contributed by atoms with van der Waals surface area (Å²) in [6.45, 7) is 1.64. The zero-order valence-corrected chi connectivity index (χ0v) is 23.7. The van der Waals surface area contributed by atoms with Crippen LogP contribution in [0.3, 0.4) is 0 Å². The first-order valence-electron chi connectivity index (χ1n) is 14.4. The number of aliphatic hydroxyl groups is 1. The van der Waals surface area contributed by atoms with Crippen molar-refractivity contribution in [2.24, 2.45) is 11.8 Å². The number of benzene rings is 2. The van der Waals surface area contributed by atoms with Gasteiger partial charge in [-0.15, -0.1) is 0 Å². The van der Waals surface area contributed by atoms with Gasteiger partial charge < -0.3 is 19.6 Å². The molecule has 6 nitrogen and oxygen atoms in total. The van der Waals surface area contributed by atoms with E-state index in [2.05, 4.69) is 0 Å². The number of hydrogen-bond acceptors (Lipinski definition) is 4. The van der Waals surface area contributed by atoms with Crippen LogP contribution in [0.1, 0.15) is 67.3 Å². The number of hydrogen-bond donors (Lipinski definition) is 1. The molecule has 2 aliphatic heterocycles. The normalized spacial score (nSPS) is 22.6. The molecular formula is C31H36ClF3N2O4. The average Bonchev–Trinajstić information content (AvgIpc) is 3.60. The van der Waals surface area contributed by atoms with Crippen LogP contribution in [0.4, 0.5) is 13.2 Å². The number of carbonyl (C=O) groups is 2. The number of piperidine rings is 2. The highest BCUT2D eigenvalue weighted by Crippen LogP contribution is 2.42. The predicted octanol–water partition coefficient (Wildman–Crippen LogP) is 6.20. The summed E-state index contributed by atoms with van der Waals surface area (Å²) in [5, 5.41) is 11.0. The standard InChI is InChI=1S/C31H36ClF3N2O4/c32-27-19-25(11-12-26(27)28(38)37-20-22-9-10-24(37)18-22)41-17-5-4-6-21-13-15-36(16-14-21)29(39)30(40,31(33,34)35)23-7-2-1-3-8-23/h1-3,7-8,11-12,19,21-22,24,40H,4-6,9-10,13-18,20H2/t22-,24?,30-/m1/s1. The summed E-state index contributed by atoms with van der Waals surface area (Å²) in [6, 6.07) is 12.1. The number of likely N-dealkylation sites (tertiary alicyclic amines) is 2. The Kier molecular flexibility index (Phi) is 8.85. The summed E-state index contributed by atoms with van der Waals surface area (Å²) in [5.41, 5.74) is -3.52. The van der Waals surface area contributed by atoms with E-state index in [9.17, 15) is 27.9 Å². The van der Waals surface area contributed by atoms with E-state index in [1.165, 1.54) is 24.6 Å². The molecular weight excluding hydrogens is 557 g/mol. The first kappa shape index (κ1) is 29.7. The Labute approximate surface area is 243 Å². The largest absolute Gasteiger partial charge is 0.494 e. The van der Waals surface area contributed by atoms with E-state index in [0.29, 0.717) is 47.7 Å². The van der Waals surface area contributed by atoms with Crippen molar-refractivity contribution in [1.82, 2.24) is 9.80 Å². The minimum absolute atomic E-state index is 0.00959. The fourth-order valence-electron chi connectivity index (χ4n) is 6.55. The molecule has 2 amide bonds. The summed E-state index contributed by atoms with van der Waals surface area (Å²) >= 11 is 6.43. The molecule has 1 aliphatic carbocycles. The van der Waals surface area contributed by atoms with Gasteiger partial charge in [-0.05, 0) is 75.0 Å². The van der Waals surface area contributed by atoms with E-state index in [1.54, 1.807) is 18.2 Å². The summed E-state index contributed by atoms with van der Waals surface area (Å²) in [5.74, 6) is 0.188. The summed E-state index contributed by atoms with van der Waals surface area (Å²) in [7, 11) is 0. The predicted molar refractivity (Wildman–Crippen MR) is 149 cm³/mol. The van der Waals surface area contributed by atoms with Crippen LogP contribution >= 0.6 is 11.6 Å². The summed E-state index contributed by atoms with van der Waals surface area (Å²) < 4.78 is 47.5. The highest BCUT2D eigenvalue weighted by molar-refractivity contribution is 6.34. The number of amides is 2. The topological polar surface area (TPSA) is 70.1 Å². The van der Waals surface area contributed by atoms with Gasteiger partial charge in [0.2, 0.25) is 0 Å². The number of ether oxygens (including phenoxy) is 1. The Morgan fingerprint density at radius 2 is 1.73 bits per heavy atom. The summed E-state index contributed by atoms with van der Waals surface area (Å²) in [6.07, 6.45) is 1.94. The van der Waals surface area contributed by atoms with E-state index in [1.807, 2.05) is 4.90 Å². The molecule has 3 atom stereocenters. The molecule has 2 heterocycles. The minimum Gasteiger partial charge on any atom is -0.494 e. The fraction of sp³-hybridized carbons (Fsp3) is 0.548. The van der Waals surface area contributed by atoms with Crippen LogP contribution in [-0.4, -0.2) is 65.2 Å². The van der Waals surface area contributed by atoms with E-state index in [-0.39, 0.29) is 24.9 Å². The SMILES string of the molecule is O=C(c1ccc(OCCCCC2CCN(C(=O)[C@](O)(c3ccccc3)C(F)(F)F)CC2)cc1Cl)N1C[C@@H]2CCC1C2. The number of nitrogens with zero attached hydrogens (tertiary/aromatic N) is 2. The van der Waals surface area contributed by atoms with Crippen LogP contribution in [0, 0.1) is 11.8 Å². The molecule has 3 fully saturated rings. The van der Waals surface area contributed by atoms with Crippen molar-refractivity contribution < 1.29 is 32.6 Å². The molecule has 1 N–H and O–H groups in total. The van der Waals surface area contributed by atoms with Crippen molar-refractivity contribution in [1.29, 1.82) is 0 Å². The van der Waals surface area contributed by atoms with E-state index in [4.69, 9.17) is 16.3 Å². The Morgan fingerprint density at radius 3 is 2.34 bits per heavy atom. The molecule has 3 aliphatic rings. The van der Waals surface area contributed by atoms with Crippen LogP contribution in [0.2, 0.25) is 5.02 Å². The van der Waals surface area contributed by atoms with Gasteiger partial charge in [0, 0.05) is 31.2 Å². The lowest BCUT2D eigenvalue weighted by atomic mass is 9.88. The molecule has 5 rings (SSSR count). The van der Waals surface area contributed by atoms with E-state index >= 15 is 0 Å². The molecule has 2 aromatic carbocycles. The smallest absolute Gasteiger partial charge is 0.430 e. The van der Waals surface area contributed by atoms with Gasteiger partial charge in [-0.1, -0.05) is 48.4 Å². The van der Waals surface area contributed by atoms with Crippen molar-refractivity contribution in [2.75, 3.05) is 26.2 Å². The quantitative estimate of drug-likeness (QED) is 0.352. The third-order valence-electron chi connectivity index (χ3n) is 8.93. The Hall–Kier alpha value is -2.78. The van der Waals surface area contributed by atoms with E-state index in [0.717, 1.165) is 55.7 Å². The monoisotopic (exact) mass is 592 g/mol. The molecule has 2 bridgehead atoms. The average molecular weight is 593 g/mol. The van der Waals surface area contributed by atoms with E-state index < -0.39 is 23.2 Å². The number of halogens is 4. The third-order valence-corrected chi connectivity index (χ3v) is 9.24. The van der Waals surface area contributed by atoms with Crippen LogP contribution in [0.5, 0.6) is 5.75 Å². The highest BCUT2D eigenvalue weighted by Gasteiger charge is 2.62. The van der Waals surface area contributed by atoms with Crippen LogP contribution in [-0.2, 0) is 10.4 Å². The fourth-order valence-corrected chi connectivity index (χ4v) is 6.80. The molecule has 2 aromatic rings. The number of fused-ring (bicyclic) bond motifs is 2. The van der Waals surface area contributed by atoms with Gasteiger partial charge in [0.15, 0.2) is 0 Å². The second-order valence-electron chi connectivity index (χ2n) is 11.6. The molecule has 1 saturated carbocycles. The van der Waals surface area contributed by atoms with Crippen LogP contribution in [0.25, 0.3) is 0 Å². The zero-order chi connectivity index (χ0) is 29.2.